The van der Waals surface area contributed by atoms with Crippen molar-refractivity contribution in [1.82, 2.24) is 4.98 Å². The number of hydrogen-bond donors (Lipinski definition) is 1. The lowest BCUT2D eigenvalue weighted by Crippen LogP contribution is -1.80. The van der Waals surface area contributed by atoms with Gasteiger partial charge < -0.3 is 13.0 Å². The summed E-state index contributed by atoms with van der Waals surface area (Å²) in [5.74, 6) is -0.205. The van der Waals surface area contributed by atoms with E-state index in [9.17, 15) is 7.91 Å². The summed E-state index contributed by atoms with van der Waals surface area (Å²) >= 11 is 4.03. The summed E-state index contributed by atoms with van der Waals surface area (Å²) in [5, 5.41) is 2.84. The first-order chi connectivity index (χ1) is 10.7. The van der Waals surface area contributed by atoms with Crippen molar-refractivity contribution >= 4 is 88.9 Å². The number of aromatic nitrogens is 1. The molecule has 0 saturated carbocycles. The lowest BCUT2D eigenvalue weighted by atomic mass is 10.1. The number of nitrogens with zero attached hydrogens (tertiary/aromatic N) is 1. The number of anilines is 1. The summed E-state index contributed by atoms with van der Waals surface area (Å²) in [6, 6.07) is 8.69. The van der Waals surface area contributed by atoms with Gasteiger partial charge in [0.15, 0.2) is 5.13 Å². The van der Waals surface area contributed by atoms with Gasteiger partial charge in [-0.1, -0.05) is 29.4 Å². The van der Waals surface area contributed by atoms with E-state index in [0.717, 1.165) is 26.1 Å². The van der Waals surface area contributed by atoms with Crippen molar-refractivity contribution in [3.05, 3.63) is 36.1 Å². The second-order valence-corrected chi connectivity index (χ2v) is 6.88. The summed E-state index contributed by atoms with van der Waals surface area (Å²) in [6.07, 6.45) is 1.96. The zero-order chi connectivity index (χ0) is 16.5. The molecular weight excluding hydrogens is 456 g/mol. The minimum absolute atomic E-state index is 0.205. The summed E-state index contributed by atoms with van der Waals surface area (Å²) in [7, 11) is 0. The minimum Gasteiger partial charge on any atom is -0.413 e. The van der Waals surface area contributed by atoms with Crippen LogP contribution < -0.4 is 4.72 Å². The number of rotatable bonds is 2. The first-order valence-corrected chi connectivity index (χ1v) is 12.4. The third-order valence-electron chi connectivity index (χ3n) is 2.52. The molecule has 0 spiro atoms. The van der Waals surface area contributed by atoms with Gasteiger partial charge in [0.2, 0.25) is 0 Å². The first-order valence-electron chi connectivity index (χ1n) is 5.78. The van der Waals surface area contributed by atoms with Gasteiger partial charge in [-0.3, -0.25) is 0 Å². The maximum absolute atomic E-state index is 13.1. The quantitative estimate of drug-likeness (QED) is 0.327. The molecule has 0 aliphatic carbocycles. The fraction of sp³-hybridized carbons (Fsp3) is 0.0769. The van der Waals surface area contributed by atoms with E-state index in [1.165, 1.54) is 18.0 Å². The summed E-state index contributed by atoms with van der Waals surface area (Å²) in [6.45, 7) is 2.00. The second-order valence-electron chi connectivity index (χ2n) is 3.69. The van der Waals surface area contributed by atoms with E-state index in [1.807, 2.05) is 31.2 Å². The lowest BCUT2D eigenvalue weighted by Gasteiger charge is -1.97. The molecule has 1 N–H and O–H groups in total. The van der Waals surface area contributed by atoms with E-state index < -0.39 is 12.4 Å². The van der Waals surface area contributed by atoms with Crippen molar-refractivity contribution < 1.29 is 12.7 Å². The van der Waals surface area contributed by atoms with Gasteiger partial charge in [0.25, 0.3) is 0 Å². The maximum atomic E-state index is 13.1. The number of carbonyl (C=O) groups excluding carboxylic acids is 1. The van der Waals surface area contributed by atoms with Crippen LogP contribution in [0.5, 0.6) is 0 Å². The second kappa shape index (κ2) is 10.3. The van der Waals surface area contributed by atoms with Crippen LogP contribution in [0.2, 0.25) is 0 Å². The van der Waals surface area contributed by atoms with Crippen molar-refractivity contribution in [3.63, 3.8) is 0 Å². The molecule has 1 heterocycles. The number of halogens is 3. The SMILES string of the molecule is C=O.CSNc1nc2ccc3cc(F)ccc3c2s1.[F][Al][I]. The van der Waals surface area contributed by atoms with Gasteiger partial charge in [-0.05, 0) is 29.7 Å². The van der Waals surface area contributed by atoms with Crippen LogP contribution in [-0.4, -0.2) is 30.4 Å². The van der Waals surface area contributed by atoms with E-state index in [-0.39, 0.29) is 5.82 Å². The number of benzene rings is 2. The van der Waals surface area contributed by atoms with Crippen molar-refractivity contribution in [2.45, 2.75) is 0 Å². The Balaban J connectivity index is 0.000000435. The molecule has 3 nitrogen and oxygen atoms in total. The maximum Gasteiger partial charge on any atom is 0.582 e. The molecule has 9 heteroatoms. The molecule has 0 unspecified atom stereocenters. The van der Waals surface area contributed by atoms with Gasteiger partial charge in [-0.15, -0.1) is 0 Å². The molecular formula is C13H11AlF2IN2OS2. The average molecular weight is 467 g/mol. The van der Waals surface area contributed by atoms with Gasteiger partial charge in [-0.25, -0.2) is 9.37 Å². The third-order valence-corrected chi connectivity index (χ3v) is 4.07. The first kappa shape index (κ1) is 19.6. The van der Waals surface area contributed by atoms with Crippen molar-refractivity contribution in [2.75, 3.05) is 11.0 Å². The zero-order valence-electron chi connectivity index (χ0n) is 11.5. The van der Waals surface area contributed by atoms with Crippen LogP contribution in [0.1, 0.15) is 0 Å². The lowest BCUT2D eigenvalue weighted by molar-refractivity contribution is -0.0979. The van der Waals surface area contributed by atoms with Gasteiger partial charge >= 0.3 is 12.4 Å². The van der Waals surface area contributed by atoms with E-state index in [2.05, 4.69) is 9.71 Å². The van der Waals surface area contributed by atoms with Crippen molar-refractivity contribution in [1.29, 1.82) is 0 Å². The third kappa shape index (κ3) is 5.03. The van der Waals surface area contributed by atoms with Gasteiger partial charge in [0, 0.05) is 11.6 Å². The number of fused-ring (bicyclic) bond motifs is 3. The number of carbonyl (C=O) groups is 1. The van der Waals surface area contributed by atoms with Crippen LogP contribution in [-0.2, 0) is 4.79 Å². The van der Waals surface area contributed by atoms with Crippen LogP contribution in [0, 0.1) is 5.82 Å². The molecule has 3 aromatic rings. The summed E-state index contributed by atoms with van der Waals surface area (Å²) in [5.41, 5.74) is 0.950. The van der Waals surface area contributed by atoms with Crippen molar-refractivity contribution in [2.24, 2.45) is 0 Å². The molecule has 2 aromatic carbocycles. The Morgan fingerprint density at radius 2 is 2.05 bits per heavy atom. The Morgan fingerprint density at radius 1 is 1.36 bits per heavy atom. The monoisotopic (exact) mass is 467 g/mol. The smallest absolute Gasteiger partial charge is 0.413 e. The highest BCUT2D eigenvalue weighted by atomic mass is 127. The molecule has 1 radical (unpaired) electrons. The molecule has 115 valence electrons. The largest absolute Gasteiger partial charge is 0.582 e. The van der Waals surface area contributed by atoms with Crippen LogP contribution in [0.25, 0.3) is 21.0 Å². The minimum atomic E-state index is -0.780. The molecule has 3 rings (SSSR count). The molecule has 0 atom stereocenters. The normalized spacial score (nSPS) is 9.45. The van der Waals surface area contributed by atoms with E-state index >= 15 is 0 Å². The predicted molar refractivity (Wildman–Crippen MR) is 102 cm³/mol. The topological polar surface area (TPSA) is 42.0 Å². The Hall–Kier alpha value is -0.468. The highest BCUT2D eigenvalue weighted by Gasteiger charge is 2.07. The fourth-order valence-electron chi connectivity index (χ4n) is 1.82. The van der Waals surface area contributed by atoms with Gasteiger partial charge in [0.05, 0.1) is 10.2 Å². The number of thiazole rings is 1. The molecule has 0 bridgehead atoms. The Kier molecular flexibility index (Phi) is 9.20. The fourth-order valence-corrected chi connectivity index (χ4v) is 3.30. The molecule has 1 aromatic heterocycles. The molecule has 0 fully saturated rings. The average Bonchev–Trinajstić information content (AvgIpc) is 2.93. The number of nitrogens with one attached hydrogen (secondary N) is 1. The molecule has 0 amide bonds. The summed E-state index contributed by atoms with van der Waals surface area (Å²) < 4.78 is 27.7. The standard InChI is InChI=1S/C12H9FN2S2.CH2O.Al.FH.HI/c1-16-15-12-14-10-5-2-7-6-8(13)3-4-9(7)11(10)17-12;1-2;;;/h2-6H,1H3,(H,14,15);1H2;;2*1H/q;;+2;;/p-2. The highest BCUT2D eigenvalue weighted by Crippen LogP contribution is 2.33. The van der Waals surface area contributed by atoms with Crippen LogP contribution >= 0.6 is 43.6 Å². The number of hydrogen-bond acceptors (Lipinski definition) is 5. The molecule has 22 heavy (non-hydrogen) atoms. The van der Waals surface area contributed by atoms with Crippen LogP contribution in [0.3, 0.4) is 0 Å². The summed E-state index contributed by atoms with van der Waals surface area (Å²) in [4.78, 5) is 12.5. The Bertz CT molecular complexity index is 744. The Morgan fingerprint density at radius 3 is 2.68 bits per heavy atom. The van der Waals surface area contributed by atoms with Gasteiger partial charge in [0.1, 0.15) is 12.6 Å². The molecule has 0 aliphatic heterocycles. The van der Waals surface area contributed by atoms with E-state index in [0.29, 0.717) is 0 Å². The van der Waals surface area contributed by atoms with Crippen LogP contribution in [0.15, 0.2) is 30.3 Å². The molecule has 0 saturated heterocycles. The van der Waals surface area contributed by atoms with Crippen molar-refractivity contribution in [3.8, 4) is 0 Å². The Labute approximate surface area is 152 Å². The molecule has 0 aliphatic rings. The zero-order valence-corrected chi connectivity index (χ0v) is 16.4. The van der Waals surface area contributed by atoms with E-state index in [4.69, 9.17) is 4.79 Å². The van der Waals surface area contributed by atoms with E-state index in [1.54, 1.807) is 37.7 Å². The van der Waals surface area contributed by atoms with Crippen LogP contribution in [0.4, 0.5) is 13.0 Å². The highest BCUT2D eigenvalue weighted by molar-refractivity contribution is 14.1. The van der Waals surface area contributed by atoms with Gasteiger partial charge in [-0.2, -0.15) is 20.3 Å². The predicted octanol–water partition coefficient (Wildman–Crippen LogP) is 5.02.